The van der Waals surface area contributed by atoms with Gasteiger partial charge in [0, 0.05) is 0 Å². The first kappa shape index (κ1) is 33.4. The average molecular weight is 611 g/mol. The van der Waals surface area contributed by atoms with Crippen molar-refractivity contribution < 1.29 is 14.4 Å². The van der Waals surface area contributed by atoms with E-state index in [0.717, 1.165) is 110 Å². The van der Waals surface area contributed by atoms with E-state index in [9.17, 15) is 28.8 Å². The van der Waals surface area contributed by atoms with E-state index in [1.54, 1.807) is 18.2 Å². The Morgan fingerprint density at radius 1 is 0.523 bits per heavy atom. The van der Waals surface area contributed by atoms with Crippen molar-refractivity contribution in [2.24, 2.45) is 32.7 Å². The molecule has 0 aliphatic heterocycles. The third kappa shape index (κ3) is 9.04. The van der Waals surface area contributed by atoms with Crippen LogP contribution in [0.3, 0.4) is 0 Å². The van der Waals surface area contributed by atoms with Gasteiger partial charge in [-0.15, -0.1) is 0 Å². The molecule has 3 fully saturated rings. The summed E-state index contributed by atoms with van der Waals surface area (Å²) in [7, 11) is 0. The van der Waals surface area contributed by atoms with E-state index >= 15 is 0 Å². The molecule has 1 aromatic heterocycles. The summed E-state index contributed by atoms with van der Waals surface area (Å²) < 4.78 is 2.92. The minimum Gasteiger partial charge on any atom is -0.247 e. The highest BCUT2D eigenvalue weighted by Gasteiger charge is 2.29. The highest BCUT2D eigenvalue weighted by molar-refractivity contribution is 5.34. The predicted octanol–water partition coefficient (Wildman–Crippen LogP) is 3.81. The van der Waals surface area contributed by atoms with Crippen molar-refractivity contribution in [3.63, 3.8) is 0 Å². The number of aliphatic imine (C=N–C) groups is 3. The van der Waals surface area contributed by atoms with Gasteiger partial charge in [0.15, 0.2) is 0 Å². The third-order valence-corrected chi connectivity index (χ3v) is 10.1. The Balaban J connectivity index is 1.74. The number of aromatic nitrogens is 3. The highest BCUT2D eigenvalue weighted by atomic mass is 16.2. The van der Waals surface area contributed by atoms with Crippen LogP contribution >= 0.6 is 0 Å². The molecule has 1 aromatic rings. The van der Waals surface area contributed by atoms with Gasteiger partial charge in [-0.1, -0.05) is 83.5 Å². The summed E-state index contributed by atoms with van der Waals surface area (Å²) in [6, 6.07) is -1.96. The zero-order chi connectivity index (χ0) is 31.3. The Kier molecular flexibility index (Phi) is 13.0. The smallest absolute Gasteiger partial charge is 0.247 e. The van der Waals surface area contributed by atoms with Crippen molar-refractivity contribution in [2.45, 2.75) is 147 Å². The van der Waals surface area contributed by atoms with Crippen molar-refractivity contribution in [3.8, 4) is 0 Å². The van der Waals surface area contributed by atoms with Crippen molar-refractivity contribution in [1.29, 1.82) is 0 Å². The number of isocyanates is 3. The highest BCUT2D eigenvalue weighted by Crippen LogP contribution is 2.30. The van der Waals surface area contributed by atoms with Crippen LogP contribution in [0.25, 0.3) is 0 Å². The Morgan fingerprint density at radius 3 is 1.27 bits per heavy atom. The number of nitrogens with zero attached hydrogens (tertiary/aromatic N) is 6. The van der Waals surface area contributed by atoms with E-state index < -0.39 is 35.2 Å². The van der Waals surface area contributed by atoms with Gasteiger partial charge in [-0.05, 0) is 43.4 Å². The summed E-state index contributed by atoms with van der Waals surface area (Å²) in [5, 5.41) is 0. The summed E-state index contributed by atoms with van der Waals surface area (Å²) in [6.45, 7) is -0.537. The first-order valence-corrected chi connectivity index (χ1v) is 16.6. The lowest BCUT2D eigenvalue weighted by atomic mass is 9.84. The second kappa shape index (κ2) is 17.1. The largest absolute Gasteiger partial charge is 0.336 e. The van der Waals surface area contributed by atoms with Crippen LogP contribution in [-0.2, 0) is 34.0 Å². The van der Waals surface area contributed by atoms with E-state index in [1.165, 1.54) is 0 Å². The maximum atomic E-state index is 13.9. The molecule has 0 aromatic carbocycles. The zero-order valence-corrected chi connectivity index (χ0v) is 25.7. The lowest BCUT2D eigenvalue weighted by molar-refractivity contribution is 0.268. The molecule has 0 N–H and O–H groups in total. The standard InChI is InChI=1S/C32H46N6O6/c39-21-33-27(16-24-10-4-1-5-11-24)18-36-30(42)37(19-28(34-22-40)17-25-12-6-2-7-13-25)32(44)38(31(36)43)20-29(35-23-41)26-14-8-3-9-15-26/h24-29H,1-20H2. The van der Waals surface area contributed by atoms with Crippen LogP contribution in [0.1, 0.15) is 109 Å². The van der Waals surface area contributed by atoms with Gasteiger partial charge in [0.25, 0.3) is 0 Å². The summed E-state index contributed by atoms with van der Waals surface area (Å²) in [4.78, 5) is 87.8. The Bertz CT molecular complexity index is 1330. The van der Waals surface area contributed by atoms with Gasteiger partial charge in [-0.2, -0.15) is 0 Å². The van der Waals surface area contributed by atoms with Gasteiger partial charge in [0.05, 0.1) is 37.8 Å². The molecule has 3 aliphatic rings. The summed E-state index contributed by atoms with van der Waals surface area (Å²) in [5.74, 6) is 0.631. The fourth-order valence-corrected chi connectivity index (χ4v) is 7.74. The molecule has 3 unspecified atom stereocenters. The molecular formula is C32H46N6O6. The molecule has 4 rings (SSSR count). The normalized spacial score (nSPS) is 20.5. The number of hydrogen-bond donors (Lipinski definition) is 0. The molecular weight excluding hydrogens is 564 g/mol. The third-order valence-electron chi connectivity index (χ3n) is 10.1. The molecule has 0 bridgehead atoms. The van der Waals surface area contributed by atoms with E-state index in [2.05, 4.69) is 15.0 Å². The van der Waals surface area contributed by atoms with Gasteiger partial charge < -0.3 is 0 Å². The quantitative estimate of drug-likeness (QED) is 0.231. The van der Waals surface area contributed by atoms with Crippen molar-refractivity contribution in [3.05, 3.63) is 31.5 Å². The molecule has 0 amide bonds. The lowest BCUT2D eigenvalue weighted by Crippen LogP contribution is -2.57. The van der Waals surface area contributed by atoms with E-state index in [-0.39, 0.29) is 25.6 Å². The van der Waals surface area contributed by atoms with Crippen LogP contribution in [0, 0.1) is 17.8 Å². The molecule has 3 atom stereocenters. The second-order valence-corrected chi connectivity index (χ2v) is 13.1. The van der Waals surface area contributed by atoms with Crippen LogP contribution in [0.4, 0.5) is 0 Å². The van der Waals surface area contributed by atoms with Crippen molar-refractivity contribution in [1.82, 2.24) is 13.7 Å². The minimum atomic E-state index is -0.825. The van der Waals surface area contributed by atoms with Gasteiger partial charge in [-0.3, -0.25) is 0 Å². The van der Waals surface area contributed by atoms with Gasteiger partial charge >= 0.3 is 17.1 Å². The Labute approximate surface area is 257 Å². The fourth-order valence-electron chi connectivity index (χ4n) is 7.74. The molecule has 1 heterocycles. The number of rotatable bonds is 14. The molecule has 44 heavy (non-hydrogen) atoms. The summed E-state index contributed by atoms with van der Waals surface area (Å²) >= 11 is 0. The van der Waals surface area contributed by atoms with E-state index in [4.69, 9.17) is 0 Å². The van der Waals surface area contributed by atoms with Crippen molar-refractivity contribution >= 4 is 18.2 Å². The molecule has 3 saturated carbocycles. The molecule has 0 radical (unpaired) electrons. The van der Waals surface area contributed by atoms with E-state index in [1.807, 2.05) is 0 Å². The maximum Gasteiger partial charge on any atom is 0.336 e. The predicted molar refractivity (Wildman–Crippen MR) is 164 cm³/mol. The first-order chi connectivity index (χ1) is 21.4. The van der Waals surface area contributed by atoms with Crippen LogP contribution in [-0.4, -0.2) is 50.1 Å². The molecule has 0 saturated heterocycles. The second-order valence-electron chi connectivity index (χ2n) is 13.1. The van der Waals surface area contributed by atoms with E-state index in [0.29, 0.717) is 24.7 Å². The number of hydrogen-bond acceptors (Lipinski definition) is 9. The molecule has 0 spiro atoms. The van der Waals surface area contributed by atoms with Crippen LogP contribution < -0.4 is 17.1 Å². The zero-order valence-electron chi connectivity index (χ0n) is 25.7. The molecule has 12 nitrogen and oxygen atoms in total. The topological polar surface area (TPSA) is 154 Å². The average Bonchev–Trinajstić information content (AvgIpc) is 3.04. The Morgan fingerprint density at radius 2 is 0.886 bits per heavy atom. The Hall–Kier alpha value is -3.45. The van der Waals surface area contributed by atoms with Gasteiger partial charge in [-0.25, -0.2) is 57.4 Å². The lowest BCUT2D eigenvalue weighted by Gasteiger charge is -2.28. The molecule has 240 valence electrons. The maximum absolute atomic E-state index is 13.9. The van der Waals surface area contributed by atoms with Gasteiger partial charge in [0.1, 0.15) is 0 Å². The summed E-state index contributed by atoms with van der Waals surface area (Å²) in [5.41, 5.74) is -2.47. The molecule has 3 aliphatic carbocycles. The molecule has 12 heteroatoms. The first-order valence-electron chi connectivity index (χ1n) is 16.6. The number of carbonyl (C=O) groups excluding carboxylic acids is 3. The van der Waals surface area contributed by atoms with Gasteiger partial charge in [0.2, 0.25) is 18.2 Å². The SMILES string of the molecule is O=C=NC(CC1CCCCC1)Cn1c(=O)n(CC(CC2CCCCC2)N=C=O)c(=O)n(CC(N=C=O)C2CCCCC2)c1=O. The minimum absolute atomic E-state index is 0.00255. The van der Waals surface area contributed by atoms with Crippen LogP contribution in [0.15, 0.2) is 29.4 Å². The van der Waals surface area contributed by atoms with Crippen molar-refractivity contribution in [2.75, 3.05) is 0 Å². The van der Waals surface area contributed by atoms with Crippen LogP contribution in [0.2, 0.25) is 0 Å². The monoisotopic (exact) mass is 610 g/mol. The fraction of sp³-hybridized carbons (Fsp3) is 0.812. The van der Waals surface area contributed by atoms with Crippen LogP contribution in [0.5, 0.6) is 0 Å². The summed E-state index contributed by atoms with van der Waals surface area (Å²) in [6.07, 6.45) is 21.1.